The molecule has 0 fully saturated rings. The standard InChI is InChI=1S/C25H22N2O2S/c1-18-26-22(17-30-18)16-29-23-12-7-11-21(15-23)25(28)27-24-13-6-5-10-20(24)14-19-8-3-2-4-9-19/h2-13,15,17H,14,16H2,1H3,(H,27,28). The first-order chi connectivity index (χ1) is 14.7. The first-order valence-corrected chi connectivity index (χ1v) is 10.6. The molecule has 0 spiro atoms. The fourth-order valence-electron chi connectivity index (χ4n) is 3.17. The minimum absolute atomic E-state index is 0.162. The first kappa shape index (κ1) is 19.9. The molecule has 4 rings (SSSR count). The van der Waals surface area contributed by atoms with Crippen LogP contribution < -0.4 is 10.1 Å². The van der Waals surface area contributed by atoms with Crippen LogP contribution in [0.25, 0.3) is 0 Å². The number of carbonyl (C=O) groups excluding carboxylic acids is 1. The maximum atomic E-state index is 12.9. The number of hydrogen-bond acceptors (Lipinski definition) is 4. The molecule has 0 unspecified atom stereocenters. The van der Waals surface area contributed by atoms with E-state index in [0.29, 0.717) is 17.9 Å². The van der Waals surface area contributed by atoms with Crippen LogP contribution in [-0.2, 0) is 13.0 Å². The number of amides is 1. The fraction of sp³-hybridized carbons (Fsp3) is 0.120. The molecule has 0 aliphatic carbocycles. The lowest BCUT2D eigenvalue weighted by Gasteiger charge is -2.12. The Hall–Kier alpha value is -3.44. The predicted octanol–water partition coefficient (Wildman–Crippen LogP) is 5.87. The van der Waals surface area contributed by atoms with Crippen molar-refractivity contribution in [1.29, 1.82) is 0 Å². The normalized spacial score (nSPS) is 10.6. The van der Waals surface area contributed by atoms with Crippen LogP contribution in [0.5, 0.6) is 5.75 Å². The molecule has 1 N–H and O–H groups in total. The van der Waals surface area contributed by atoms with Gasteiger partial charge in [-0.3, -0.25) is 4.79 Å². The SMILES string of the molecule is Cc1nc(COc2cccc(C(=O)Nc3ccccc3Cc3ccccc3)c2)cs1. The van der Waals surface area contributed by atoms with E-state index in [9.17, 15) is 4.79 Å². The van der Waals surface area contributed by atoms with E-state index in [1.165, 1.54) is 5.56 Å². The van der Waals surface area contributed by atoms with Crippen LogP contribution in [0.4, 0.5) is 5.69 Å². The van der Waals surface area contributed by atoms with E-state index >= 15 is 0 Å². The second-order valence-electron chi connectivity index (χ2n) is 6.95. The number of ether oxygens (including phenoxy) is 1. The van der Waals surface area contributed by atoms with Gasteiger partial charge >= 0.3 is 0 Å². The number of benzene rings is 3. The summed E-state index contributed by atoms with van der Waals surface area (Å²) in [6, 6.07) is 25.3. The summed E-state index contributed by atoms with van der Waals surface area (Å²) >= 11 is 1.60. The fourth-order valence-corrected chi connectivity index (χ4v) is 3.76. The molecule has 1 aromatic heterocycles. The average Bonchev–Trinajstić information content (AvgIpc) is 3.20. The van der Waals surface area contributed by atoms with Crippen molar-refractivity contribution in [3.05, 3.63) is 112 Å². The summed E-state index contributed by atoms with van der Waals surface area (Å²) in [4.78, 5) is 17.3. The zero-order chi connectivity index (χ0) is 20.8. The van der Waals surface area contributed by atoms with Crippen LogP contribution in [-0.4, -0.2) is 10.9 Å². The van der Waals surface area contributed by atoms with Gasteiger partial charge in [0.25, 0.3) is 5.91 Å². The molecule has 5 heteroatoms. The van der Waals surface area contributed by atoms with E-state index in [1.54, 1.807) is 23.5 Å². The van der Waals surface area contributed by atoms with Crippen molar-refractivity contribution in [2.24, 2.45) is 0 Å². The molecule has 0 saturated carbocycles. The average molecular weight is 415 g/mol. The van der Waals surface area contributed by atoms with Crippen molar-refractivity contribution in [1.82, 2.24) is 4.98 Å². The van der Waals surface area contributed by atoms with Crippen LogP contribution >= 0.6 is 11.3 Å². The Morgan fingerprint density at radius 1 is 1.00 bits per heavy atom. The molecule has 0 aliphatic heterocycles. The number of anilines is 1. The van der Waals surface area contributed by atoms with Crippen molar-refractivity contribution in [2.75, 3.05) is 5.32 Å². The monoisotopic (exact) mass is 414 g/mol. The number of carbonyl (C=O) groups is 1. The van der Waals surface area contributed by atoms with Gasteiger partial charge in [-0.05, 0) is 48.7 Å². The Kier molecular flexibility index (Phi) is 6.20. The number of aromatic nitrogens is 1. The Bertz CT molecular complexity index is 1140. The Morgan fingerprint density at radius 2 is 1.80 bits per heavy atom. The molecule has 0 saturated heterocycles. The summed E-state index contributed by atoms with van der Waals surface area (Å²) in [5, 5.41) is 6.04. The van der Waals surface area contributed by atoms with Crippen LogP contribution in [0.1, 0.15) is 32.2 Å². The van der Waals surface area contributed by atoms with Gasteiger partial charge in [0.2, 0.25) is 0 Å². The van der Waals surface area contributed by atoms with Crippen molar-refractivity contribution in [3.63, 3.8) is 0 Å². The van der Waals surface area contributed by atoms with E-state index < -0.39 is 0 Å². The number of nitrogens with zero attached hydrogens (tertiary/aromatic N) is 1. The van der Waals surface area contributed by atoms with Gasteiger partial charge in [0.15, 0.2) is 0 Å². The minimum Gasteiger partial charge on any atom is -0.487 e. The second kappa shape index (κ2) is 9.37. The summed E-state index contributed by atoms with van der Waals surface area (Å²) in [5.74, 6) is 0.483. The third-order valence-electron chi connectivity index (χ3n) is 4.65. The largest absolute Gasteiger partial charge is 0.487 e. The highest BCUT2D eigenvalue weighted by atomic mass is 32.1. The molecule has 1 amide bonds. The van der Waals surface area contributed by atoms with E-state index in [1.807, 2.05) is 66.9 Å². The molecule has 0 radical (unpaired) electrons. The molecule has 30 heavy (non-hydrogen) atoms. The number of para-hydroxylation sites is 1. The number of rotatable bonds is 7. The smallest absolute Gasteiger partial charge is 0.255 e. The second-order valence-corrected chi connectivity index (χ2v) is 8.01. The van der Waals surface area contributed by atoms with E-state index in [0.717, 1.165) is 28.4 Å². The lowest BCUT2D eigenvalue weighted by molar-refractivity contribution is 0.102. The Morgan fingerprint density at radius 3 is 2.60 bits per heavy atom. The molecule has 150 valence electrons. The van der Waals surface area contributed by atoms with Gasteiger partial charge in [-0.1, -0.05) is 54.6 Å². The summed E-state index contributed by atoms with van der Waals surface area (Å²) in [7, 11) is 0. The molecule has 0 atom stereocenters. The van der Waals surface area contributed by atoms with Gasteiger partial charge in [-0.2, -0.15) is 0 Å². The third kappa shape index (κ3) is 5.13. The summed E-state index contributed by atoms with van der Waals surface area (Å²) in [6.45, 7) is 2.35. The zero-order valence-corrected chi connectivity index (χ0v) is 17.5. The van der Waals surface area contributed by atoms with Crippen molar-refractivity contribution < 1.29 is 9.53 Å². The van der Waals surface area contributed by atoms with Crippen molar-refractivity contribution in [2.45, 2.75) is 20.0 Å². The molecular weight excluding hydrogens is 392 g/mol. The van der Waals surface area contributed by atoms with Crippen molar-refractivity contribution in [3.8, 4) is 5.75 Å². The Balaban J connectivity index is 1.45. The zero-order valence-electron chi connectivity index (χ0n) is 16.7. The molecule has 0 aliphatic rings. The van der Waals surface area contributed by atoms with Crippen LogP contribution in [0, 0.1) is 6.92 Å². The molecular formula is C25H22N2O2S. The summed E-state index contributed by atoms with van der Waals surface area (Å²) in [6.07, 6.45) is 0.757. The van der Waals surface area contributed by atoms with Gasteiger partial charge in [0.05, 0.1) is 10.7 Å². The molecule has 1 heterocycles. The lowest BCUT2D eigenvalue weighted by atomic mass is 10.0. The van der Waals surface area contributed by atoms with Crippen LogP contribution in [0.2, 0.25) is 0 Å². The highest BCUT2D eigenvalue weighted by Crippen LogP contribution is 2.21. The Labute approximate surface area is 180 Å². The van der Waals surface area contributed by atoms with Gasteiger partial charge in [0.1, 0.15) is 12.4 Å². The molecule has 4 aromatic rings. The predicted molar refractivity (Wildman–Crippen MR) is 121 cm³/mol. The van der Waals surface area contributed by atoms with E-state index in [-0.39, 0.29) is 5.91 Å². The van der Waals surface area contributed by atoms with Crippen molar-refractivity contribution >= 4 is 22.9 Å². The van der Waals surface area contributed by atoms with Gasteiger partial charge < -0.3 is 10.1 Å². The topological polar surface area (TPSA) is 51.2 Å². The minimum atomic E-state index is -0.162. The lowest BCUT2D eigenvalue weighted by Crippen LogP contribution is -2.13. The first-order valence-electron chi connectivity index (χ1n) is 9.74. The quantitative estimate of drug-likeness (QED) is 0.411. The number of nitrogens with one attached hydrogen (secondary N) is 1. The van der Waals surface area contributed by atoms with Gasteiger partial charge in [-0.25, -0.2) is 4.98 Å². The number of aryl methyl sites for hydroxylation is 1. The molecule has 4 nitrogen and oxygen atoms in total. The highest BCUT2D eigenvalue weighted by molar-refractivity contribution is 7.09. The summed E-state index contributed by atoms with van der Waals surface area (Å²) < 4.78 is 5.81. The summed E-state index contributed by atoms with van der Waals surface area (Å²) in [5.41, 5.74) is 4.53. The van der Waals surface area contributed by atoms with E-state index in [4.69, 9.17) is 4.74 Å². The highest BCUT2D eigenvalue weighted by Gasteiger charge is 2.11. The van der Waals surface area contributed by atoms with Gasteiger partial charge in [0, 0.05) is 16.6 Å². The molecule has 3 aromatic carbocycles. The number of thiazole rings is 1. The maximum Gasteiger partial charge on any atom is 0.255 e. The number of hydrogen-bond donors (Lipinski definition) is 1. The molecule has 0 bridgehead atoms. The van der Waals surface area contributed by atoms with Gasteiger partial charge in [-0.15, -0.1) is 11.3 Å². The van der Waals surface area contributed by atoms with E-state index in [2.05, 4.69) is 22.4 Å². The third-order valence-corrected chi connectivity index (χ3v) is 5.47. The maximum absolute atomic E-state index is 12.9. The van der Waals surface area contributed by atoms with Crippen LogP contribution in [0.3, 0.4) is 0 Å². The van der Waals surface area contributed by atoms with Crippen LogP contribution in [0.15, 0.2) is 84.2 Å².